The maximum Gasteiger partial charge on any atom is 0.196 e. The van der Waals surface area contributed by atoms with Crippen LogP contribution in [0.15, 0.2) is 71.3 Å². The molecule has 2 aromatic carbocycles. The number of carbonyl (C=O) groups excluding carboxylic acids is 2. The van der Waals surface area contributed by atoms with Gasteiger partial charge in [-0.25, -0.2) is 15.0 Å². The number of carbonyl (C=O) groups is 2. The maximum atomic E-state index is 13.1. The molecule has 4 N–H and O–H groups in total. The average Bonchev–Trinajstić information content (AvgIpc) is 2.82. The van der Waals surface area contributed by atoms with E-state index < -0.39 is 0 Å². The number of hydrogen-bond donors (Lipinski definition) is 2. The molecule has 0 saturated carbocycles. The van der Waals surface area contributed by atoms with Gasteiger partial charge in [-0.1, -0.05) is 36.4 Å². The first-order valence-corrected chi connectivity index (χ1v) is 9.47. The minimum absolute atomic E-state index is 0.0144. The zero-order chi connectivity index (χ0) is 22.2. The second-order valence-corrected chi connectivity index (χ2v) is 6.86. The lowest BCUT2D eigenvalue weighted by atomic mass is 9.83. The second kappa shape index (κ2) is 7.43. The molecule has 1 aliphatic rings. The van der Waals surface area contributed by atoms with Gasteiger partial charge in [-0.3, -0.25) is 14.6 Å². The smallest absolute Gasteiger partial charge is 0.196 e. The zero-order valence-electron chi connectivity index (χ0n) is 16.4. The van der Waals surface area contributed by atoms with E-state index in [-0.39, 0.29) is 51.5 Å². The Morgan fingerprint density at radius 1 is 0.750 bits per heavy atom. The molecule has 2 heterocycles. The summed E-state index contributed by atoms with van der Waals surface area (Å²) in [7, 11) is 0. The molecule has 0 aliphatic heterocycles. The monoisotopic (exact) mass is 422 g/mol. The Morgan fingerprint density at radius 2 is 1.44 bits per heavy atom. The summed E-state index contributed by atoms with van der Waals surface area (Å²) >= 11 is 0. The van der Waals surface area contributed by atoms with Crippen molar-refractivity contribution in [2.24, 2.45) is 10.2 Å². The molecule has 4 aromatic rings. The van der Waals surface area contributed by atoms with Crippen molar-refractivity contribution in [3.05, 3.63) is 83.3 Å². The van der Waals surface area contributed by atoms with Gasteiger partial charge < -0.3 is 11.5 Å². The number of benzene rings is 2. The van der Waals surface area contributed by atoms with Crippen LogP contribution in [0.3, 0.4) is 0 Å². The van der Waals surface area contributed by atoms with E-state index in [4.69, 9.17) is 11.5 Å². The summed E-state index contributed by atoms with van der Waals surface area (Å²) in [5.41, 5.74) is 13.8. The van der Waals surface area contributed by atoms with Crippen molar-refractivity contribution in [1.29, 1.82) is 0 Å². The Balaban J connectivity index is 1.56. The highest BCUT2D eigenvalue weighted by molar-refractivity contribution is 6.29. The fraction of sp³-hybridized carbons (Fsp3) is 0. The van der Waals surface area contributed by atoms with E-state index in [0.717, 1.165) is 0 Å². The highest BCUT2D eigenvalue weighted by Crippen LogP contribution is 2.35. The molecule has 0 radical (unpaired) electrons. The van der Waals surface area contributed by atoms with Gasteiger partial charge in [0.05, 0.1) is 17.4 Å². The number of nitrogens with zero attached hydrogens (tertiary/aromatic N) is 6. The normalized spacial score (nSPS) is 12.6. The van der Waals surface area contributed by atoms with Crippen molar-refractivity contribution >= 4 is 34.6 Å². The molecular formula is C22H14N8O2. The molecule has 154 valence electrons. The number of nitrogen functional groups attached to an aromatic ring is 2. The summed E-state index contributed by atoms with van der Waals surface area (Å²) in [6.45, 7) is 0. The summed E-state index contributed by atoms with van der Waals surface area (Å²) in [6.07, 6.45) is 4.49. The fourth-order valence-corrected chi connectivity index (χ4v) is 3.44. The molecule has 0 unspecified atom stereocenters. The van der Waals surface area contributed by atoms with Gasteiger partial charge in [0.1, 0.15) is 5.69 Å². The van der Waals surface area contributed by atoms with Gasteiger partial charge in [-0.05, 0) is 6.07 Å². The minimum Gasteiger partial charge on any atom is -0.382 e. The Morgan fingerprint density at radius 3 is 2.12 bits per heavy atom. The lowest BCUT2D eigenvalue weighted by molar-refractivity contribution is 0.0979. The van der Waals surface area contributed by atoms with E-state index in [0.29, 0.717) is 16.8 Å². The molecule has 0 saturated heterocycles. The van der Waals surface area contributed by atoms with Crippen LogP contribution in [0.5, 0.6) is 0 Å². The molecule has 0 atom stereocenters. The summed E-state index contributed by atoms with van der Waals surface area (Å²) in [4.78, 5) is 42.4. The van der Waals surface area contributed by atoms with Gasteiger partial charge in [0.2, 0.25) is 0 Å². The number of fused-ring (bicyclic) bond motifs is 2. The molecule has 2 aromatic heterocycles. The van der Waals surface area contributed by atoms with Crippen LogP contribution >= 0.6 is 0 Å². The third-order valence-electron chi connectivity index (χ3n) is 4.92. The Kier molecular flexibility index (Phi) is 4.44. The van der Waals surface area contributed by atoms with E-state index in [1.807, 2.05) is 0 Å². The van der Waals surface area contributed by atoms with Crippen LogP contribution in [0.1, 0.15) is 31.8 Å². The van der Waals surface area contributed by atoms with Gasteiger partial charge >= 0.3 is 0 Å². The molecule has 32 heavy (non-hydrogen) atoms. The highest BCUT2D eigenvalue weighted by atomic mass is 16.1. The SMILES string of the molecule is Nc1nc(-c2cnccn2)nc(N)c1N=Nc1cccc2c1C(=O)c1ccccc1C2=O. The molecule has 5 rings (SSSR count). The molecule has 0 amide bonds. The topological polar surface area (TPSA) is 162 Å². The number of azo groups is 1. The lowest BCUT2D eigenvalue weighted by Gasteiger charge is -2.18. The van der Waals surface area contributed by atoms with Crippen molar-refractivity contribution in [3.8, 4) is 11.5 Å². The van der Waals surface area contributed by atoms with Gasteiger partial charge in [-0.15, -0.1) is 10.2 Å². The molecule has 10 heteroatoms. The maximum absolute atomic E-state index is 13.1. The largest absolute Gasteiger partial charge is 0.382 e. The van der Waals surface area contributed by atoms with Crippen molar-refractivity contribution in [2.75, 3.05) is 11.5 Å². The summed E-state index contributed by atoms with van der Waals surface area (Å²) in [5.74, 6) is -0.386. The van der Waals surface area contributed by atoms with Gasteiger partial charge in [0.15, 0.2) is 34.7 Å². The fourth-order valence-electron chi connectivity index (χ4n) is 3.44. The molecule has 0 spiro atoms. The number of anilines is 2. The second-order valence-electron chi connectivity index (χ2n) is 6.86. The van der Waals surface area contributed by atoms with Crippen molar-refractivity contribution in [3.63, 3.8) is 0 Å². The third-order valence-corrected chi connectivity index (χ3v) is 4.92. The van der Waals surface area contributed by atoms with Crippen LogP contribution in [0.2, 0.25) is 0 Å². The van der Waals surface area contributed by atoms with E-state index >= 15 is 0 Å². The molecule has 10 nitrogen and oxygen atoms in total. The van der Waals surface area contributed by atoms with E-state index in [1.165, 1.54) is 18.6 Å². The lowest BCUT2D eigenvalue weighted by Crippen LogP contribution is -2.20. The van der Waals surface area contributed by atoms with Crippen LogP contribution in [0.25, 0.3) is 11.5 Å². The molecule has 0 fully saturated rings. The zero-order valence-corrected chi connectivity index (χ0v) is 16.4. The average molecular weight is 422 g/mol. The Hall–Kier alpha value is -4.86. The molecule has 0 bridgehead atoms. The molecule has 1 aliphatic carbocycles. The van der Waals surface area contributed by atoms with E-state index in [2.05, 4.69) is 30.2 Å². The van der Waals surface area contributed by atoms with Gasteiger partial charge in [0.25, 0.3) is 0 Å². The number of aromatic nitrogens is 4. The van der Waals surface area contributed by atoms with Crippen molar-refractivity contribution in [2.45, 2.75) is 0 Å². The first-order valence-electron chi connectivity index (χ1n) is 9.47. The standard InChI is InChI=1S/C22H14N8O2/c23-20-17(21(24)28-22(27-20)15-10-25-8-9-26-15)30-29-14-7-3-6-13-16(14)19(32)12-5-2-1-4-11(12)18(13)31/h1-10H,(H4,23,24,27,28). The van der Waals surface area contributed by atoms with Crippen LogP contribution in [-0.4, -0.2) is 31.5 Å². The minimum atomic E-state index is -0.306. The highest BCUT2D eigenvalue weighted by Gasteiger charge is 2.31. The van der Waals surface area contributed by atoms with Crippen molar-refractivity contribution in [1.82, 2.24) is 19.9 Å². The summed E-state index contributed by atoms with van der Waals surface area (Å²) in [6, 6.07) is 11.5. The predicted molar refractivity (Wildman–Crippen MR) is 116 cm³/mol. The van der Waals surface area contributed by atoms with Gasteiger partial charge in [-0.2, -0.15) is 0 Å². The Bertz CT molecular complexity index is 1410. The number of nitrogens with two attached hydrogens (primary N) is 2. The quantitative estimate of drug-likeness (QED) is 0.418. The van der Waals surface area contributed by atoms with E-state index in [1.54, 1.807) is 42.5 Å². The van der Waals surface area contributed by atoms with Crippen LogP contribution in [0.4, 0.5) is 23.0 Å². The molecular weight excluding hydrogens is 408 g/mol. The third kappa shape index (κ3) is 3.06. The van der Waals surface area contributed by atoms with Crippen LogP contribution in [0, 0.1) is 0 Å². The first kappa shape index (κ1) is 19.1. The van der Waals surface area contributed by atoms with E-state index in [9.17, 15) is 9.59 Å². The van der Waals surface area contributed by atoms with Crippen LogP contribution in [-0.2, 0) is 0 Å². The van der Waals surface area contributed by atoms with Crippen molar-refractivity contribution < 1.29 is 9.59 Å². The Labute approximate surface area is 181 Å². The number of hydrogen-bond acceptors (Lipinski definition) is 10. The number of rotatable bonds is 3. The summed E-state index contributed by atoms with van der Waals surface area (Å²) in [5, 5.41) is 8.24. The van der Waals surface area contributed by atoms with Crippen LogP contribution < -0.4 is 11.5 Å². The number of ketones is 2. The first-order chi connectivity index (χ1) is 15.5. The summed E-state index contributed by atoms with van der Waals surface area (Å²) < 4.78 is 0. The predicted octanol–water partition coefficient (Wildman–Crippen LogP) is 3.29. The van der Waals surface area contributed by atoms with Gasteiger partial charge in [0, 0.05) is 29.1 Å².